The molecule has 2 heteroatoms. The van der Waals surface area contributed by atoms with Gasteiger partial charge in [0.2, 0.25) is 0 Å². The zero-order chi connectivity index (χ0) is 17.0. The standard InChI is InChI=1S/C22H25N2/c1-21(2,24-16-9-17-24)14-15-22(18-23,19-10-5-3-6-11-19)20-12-7-4-8-13-20/h3-13H,14-17H2,1-2H3. The first-order valence-electron chi connectivity index (χ1n) is 8.67. The number of hydrogen-bond donors (Lipinski definition) is 0. The molecule has 2 aromatic rings. The first kappa shape index (κ1) is 16.7. The second kappa shape index (κ2) is 6.79. The van der Waals surface area contributed by atoms with Crippen LogP contribution in [0.2, 0.25) is 0 Å². The van der Waals surface area contributed by atoms with Crippen LogP contribution in [0, 0.1) is 17.8 Å². The summed E-state index contributed by atoms with van der Waals surface area (Å²) in [6, 6.07) is 23.1. The molecule has 0 saturated carbocycles. The Bertz CT molecular complexity index is 654. The Morgan fingerprint density at radius 1 is 0.875 bits per heavy atom. The molecule has 0 atom stereocenters. The van der Waals surface area contributed by atoms with Crippen molar-refractivity contribution in [1.82, 2.24) is 4.90 Å². The summed E-state index contributed by atoms with van der Waals surface area (Å²) in [4.78, 5) is 2.48. The monoisotopic (exact) mass is 317 g/mol. The van der Waals surface area contributed by atoms with Crippen molar-refractivity contribution in [3.63, 3.8) is 0 Å². The molecule has 0 amide bonds. The molecule has 123 valence electrons. The molecule has 1 saturated heterocycles. The minimum Gasteiger partial charge on any atom is -0.298 e. The third-order valence-electron chi connectivity index (χ3n) is 5.39. The molecule has 1 aliphatic rings. The van der Waals surface area contributed by atoms with Gasteiger partial charge >= 0.3 is 0 Å². The third-order valence-corrected chi connectivity index (χ3v) is 5.39. The van der Waals surface area contributed by atoms with Crippen molar-refractivity contribution >= 4 is 0 Å². The van der Waals surface area contributed by atoms with E-state index in [0.717, 1.165) is 37.1 Å². The van der Waals surface area contributed by atoms with Crippen LogP contribution in [0.5, 0.6) is 0 Å². The highest BCUT2D eigenvalue weighted by Gasteiger charge is 2.38. The Morgan fingerprint density at radius 2 is 1.38 bits per heavy atom. The lowest BCUT2D eigenvalue weighted by Crippen LogP contribution is -2.52. The van der Waals surface area contributed by atoms with Crippen molar-refractivity contribution in [2.24, 2.45) is 0 Å². The Hall–Kier alpha value is -2.11. The predicted octanol–water partition coefficient (Wildman–Crippen LogP) is 4.57. The maximum absolute atomic E-state index is 10.2. The smallest absolute Gasteiger partial charge is 0.107 e. The average molecular weight is 317 g/mol. The van der Waals surface area contributed by atoms with Gasteiger partial charge in [0.25, 0.3) is 0 Å². The van der Waals surface area contributed by atoms with Gasteiger partial charge in [0.15, 0.2) is 0 Å². The van der Waals surface area contributed by atoms with Crippen LogP contribution in [0.4, 0.5) is 0 Å². The molecule has 3 rings (SSSR count). The second-order valence-electron chi connectivity index (χ2n) is 7.26. The van der Waals surface area contributed by atoms with Crippen LogP contribution in [0.25, 0.3) is 0 Å². The molecular weight excluding hydrogens is 292 g/mol. The molecule has 0 aliphatic carbocycles. The fourth-order valence-electron chi connectivity index (χ4n) is 3.49. The molecule has 1 radical (unpaired) electrons. The molecule has 1 heterocycles. The van der Waals surface area contributed by atoms with E-state index in [-0.39, 0.29) is 5.54 Å². The van der Waals surface area contributed by atoms with Gasteiger partial charge in [-0.1, -0.05) is 60.7 Å². The van der Waals surface area contributed by atoms with Crippen molar-refractivity contribution in [2.75, 3.05) is 13.1 Å². The van der Waals surface area contributed by atoms with Crippen LogP contribution in [-0.4, -0.2) is 23.5 Å². The van der Waals surface area contributed by atoms with Gasteiger partial charge in [0, 0.05) is 18.6 Å². The first-order chi connectivity index (χ1) is 11.6. The Kier molecular flexibility index (Phi) is 4.73. The molecule has 0 bridgehead atoms. The van der Waals surface area contributed by atoms with Gasteiger partial charge < -0.3 is 0 Å². The van der Waals surface area contributed by atoms with Crippen LogP contribution in [0.1, 0.15) is 37.8 Å². The van der Waals surface area contributed by atoms with Crippen molar-refractivity contribution < 1.29 is 0 Å². The number of hydrogen-bond acceptors (Lipinski definition) is 2. The lowest BCUT2D eigenvalue weighted by Gasteiger charge is -2.45. The van der Waals surface area contributed by atoms with Gasteiger partial charge in [-0.2, -0.15) is 5.26 Å². The molecule has 0 aromatic heterocycles. The molecule has 0 spiro atoms. The largest absolute Gasteiger partial charge is 0.298 e. The van der Waals surface area contributed by atoms with Gasteiger partial charge in [-0.25, -0.2) is 0 Å². The van der Waals surface area contributed by atoms with Gasteiger partial charge in [-0.15, -0.1) is 0 Å². The highest BCUT2D eigenvalue weighted by atomic mass is 15.2. The minimum atomic E-state index is -0.589. The molecule has 1 aliphatic heterocycles. The SMILES string of the molecule is CC(C)(CCC(C#N)(c1ccccc1)c1ccccc1)N1C[CH]C1. The van der Waals surface area contributed by atoms with Crippen molar-refractivity contribution in [3.8, 4) is 6.07 Å². The summed E-state index contributed by atoms with van der Waals surface area (Å²) in [6.45, 7) is 6.70. The van der Waals surface area contributed by atoms with Crippen molar-refractivity contribution in [3.05, 3.63) is 78.2 Å². The van der Waals surface area contributed by atoms with Gasteiger partial charge in [0.05, 0.1) is 6.07 Å². The average Bonchev–Trinajstić information content (AvgIpc) is 2.56. The highest BCUT2D eigenvalue weighted by Crippen LogP contribution is 2.39. The summed E-state index contributed by atoms with van der Waals surface area (Å²) in [5.74, 6) is 0. The van der Waals surface area contributed by atoms with Crippen LogP contribution in [0.15, 0.2) is 60.7 Å². The van der Waals surface area contributed by atoms with Crippen molar-refractivity contribution in [2.45, 2.75) is 37.6 Å². The van der Waals surface area contributed by atoms with E-state index in [1.807, 2.05) is 36.4 Å². The van der Waals surface area contributed by atoms with E-state index in [4.69, 9.17) is 0 Å². The number of nitrogens with zero attached hydrogens (tertiary/aromatic N) is 2. The van der Waals surface area contributed by atoms with Crippen molar-refractivity contribution in [1.29, 1.82) is 5.26 Å². The summed E-state index contributed by atoms with van der Waals surface area (Å²) in [6.07, 6.45) is 4.10. The topological polar surface area (TPSA) is 27.0 Å². The third kappa shape index (κ3) is 3.09. The van der Waals surface area contributed by atoms with E-state index in [0.29, 0.717) is 0 Å². The lowest BCUT2D eigenvalue weighted by molar-refractivity contribution is 0.0824. The van der Waals surface area contributed by atoms with Crippen LogP contribution < -0.4 is 0 Å². The normalized spacial score (nSPS) is 15.5. The molecule has 2 nitrogen and oxygen atoms in total. The van der Waals surface area contributed by atoms with E-state index in [2.05, 4.69) is 55.5 Å². The highest BCUT2D eigenvalue weighted by molar-refractivity contribution is 5.45. The van der Waals surface area contributed by atoms with Gasteiger partial charge in [-0.3, -0.25) is 4.90 Å². The van der Waals surface area contributed by atoms with E-state index in [1.54, 1.807) is 0 Å². The maximum atomic E-state index is 10.2. The predicted molar refractivity (Wildman–Crippen MR) is 98.5 cm³/mol. The summed E-state index contributed by atoms with van der Waals surface area (Å²) >= 11 is 0. The fourth-order valence-corrected chi connectivity index (χ4v) is 3.49. The number of benzene rings is 2. The van der Waals surface area contributed by atoms with Gasteiger partial charge in [0.1, 0.15) is 5.41 Å². The molecule has 2 aromatic carbocycles. The van der Waals surface area contributed by atoms with E-state index in [1.165, 1.54) is 0 Å². The van der Waals surface area contributed by atoms with Crippen LogP contribution in [0.3, 0.4) is 0 Å². The molecule has 24 heavy (non-hydrogen) atoms. The minimum absolute atomic E-state index is 0.112. The molecule has 0 N–H and O–H groups in total. The van der Waals surface area contributed by atoms with Crippen LogP contribution in [-0.2, 0) is 5.41 Å². The second-order valence-corrected chi connectivity index (χ2v) is 7.26. The summed E-state index contributed by atoms with van der Waals surface area (Å²) < 4.78 is 0. The number of likely N-dealkylation sites (tertiary alicyclic amines) is 1. The lowest BCUT2D eigenvalue weighted by atomic mass is 9.70. The number of nitriles is 1. The fraction of sp³-hybridized carbons (Fsp3) is 0.364. The first-order valence-corrected chi connectivity index (χ1v) is 8.67. The zero-order valence-corrected chi connectivity index (χ0v) is 14.6. The number of rotatable bonds is 6. The van der Waals surface area contributed by atoms with E-state index >= 15 is 0 Å². The zero-order valence-electron chi connectivity index (χ0n) is 14.6. The van der Waals surface area contributed by atoms with E-state index < -0.39 is 5.41 Å². The maximum Gasteiger partial charge on any atom is 0.107 e. The summed E-state index contributed by atoms with van der Waals surface area (Å²) in [5.41, 5.74) is 1.70. The Morgan fingerprint density at radius 3 is 1.75 bits per heavy atom. The summed E-state index contributed by atoms with van der Waals surface area (Å²) in [7, 11) is 0. The van der Waals surface area contributed by atoms with Crippen LogP contribution >= 0.6 is 0 Å². The van der Waals surface area contributed by atoms with Gasteiger partial charge in [-0.05, 0) is 44.2 Å². The summed E-state index contributed by atoms with van der Waals surface area (Å²) in [5, 5.41) is 10.2. The Balaban J connectivity index is 1.95. The molecule has 0 unspecified atom stereocenters. The van der Waals surface area contributed by atoms with E-state index in [9.17, 15) is 5.26 Å². The molecular formula is C22H25N2. The Labute approximate surface area is 145 Å². The molecule has 1 fully saturated rings. The quantitative estimate of drug-likeness (QED) is 0.780.